The number of H-pyrrole nitrogens is 1. The fourth-order valence-electron chi connectivity index (χ4n) is 3.29. The van der Waals surface area contributed by atoms with Crippen LogP contribution in [0.15, 0.2) is 41.3 Å². The highest BCUT2D eigenvalue weighted by atomic mass is 32.2. The van der Waals surface area contributed by atoms with E-state index in [2.05, 4.69) is 22.3 Å². The molecule has 0 saturated carbocycles. The van der Waals surface area contributed by atoms with Gasteiger partial charge < -0.3 is 4.74 Å². The molecular formula is C17H18N4O3S. The van der Waals surface area contributed by atoms with Crippen LogP contribution in [-0.4, -0.2) is 37.5 Å². The molecule has 0 radical (unpaired) electrons. The molecule has 2 heterocycles. The average molecular weight is 358 g/mol. The third kappa shape index (κ3) is 2.44. The summed E-state index contributed by atoms with van der Waals surface area (Å²) in [6, 6.07) is 10.4. The van der Waals surface area contributed by atoms with Crippen LogP contribution in [0, 0.1) is 0 Å². The van der Waals surface area contributed by atoms with Crippen molar-refractivity contribution in [2.24, 2.45) is 0 Å². The van der Waals surface area contributed by atoms with E-state index in [1.54, 1.807) is 31.4 Å². The first-order valence-corrected chi connectivity index (χ1v) is 9.46. The molecule has 0 bridgehead atoms. The van der Waals surface area contributed by atoms with Gasteiger partial charge in [0.25, 0.3) is 10.0 Å². The van der Waals surface area contributed by atoms with Crippen LogP contribution in [0.1, 0.15) is 24.8 Å². The fourth-order valence-corrected chi connectivity index (χ4v) is 4.83. The zero-order valence-corrected chi connectivity index (χ0v) is 14.7. The molecule has 2 aromatic carbocycles. The molecule has 1 atom stereocenters. The standard InChI is InChI=1S/C17H18N4O3S/c1-11-8-9-21(17-13(11)4-3-5-16(17)24-2)25(22,23)12-6-7-14-15(10-12)19-20-18-14/h3-7,10-11H,8-9H2,1-2H3,(H,18,19,20). The second kappa shape index (κ2) is 5.73. The van der Waals surface area contributed by atoms with E-state index >= 15 is 0 Å². The lowest BCUT2D eigenvalue weighted by Crippen LogP contribution is -2.36. The predicted molar refractivity (Wildman–Crippen MR) is 94.4 cm³/mol. The molecule has 7 nitrogen and oxygen atoms in total. The quantitative estimate of drug-likeness (QED) is 0.778. The van der Waals surface area contributed by atoms with E-state index in [1.165, 1.54) is 4.31 Å². The number of hydrogen-bond acceptors (Lipinski definition) is 5. The maximum atomic E-state index is 13.3. The van der Waals surface area contributed by atoms with Gasteiger partial charge in [-0.2, -0.15) is 15.4 Å². The lowest BCUT2D eigenvalue weighted by Gasteiger charge is -2.34. The summed E-state index contributed by atoms with van der Waals surface area (Å²) in [4.78, 5) is 0.195. The summed E-state index contributed by atoms with van der Waals surface area (Å²) in [6.07, 6.45) is 0.756. The number of benzene rings is 2. The van der Waals surface area contributed by atoms with Gasteiger partial charge in [0, 0.05) is 6.54 Å². The van der Waals surface area contributed by atoms with Crippen molar-refractivity contribution >= 4 is 26.7 Å². The van der Waals surface area contributed by atoms with Crippen LogP contribution in [0.25, 0.3) is 11.0 Å². The molecule has 1 aliphatic heterocycles. The van der Waals surface area contributed by atoms with E-state index in [-0.39, 0.29) is 10.8 Å². The third-order valence-electron chi connectivity index (χ3n) is 4.67. The van der Waals surface area contributed by atoms with Gasteiger partial charge >= 0.3 is 0 Å². The van der Waals surface area contributed by atoms with E-state index in [0.717, 1.165) is 12.0 Å². The van der Waals surface area contributed by atoms with Crippen molar-refractivity contribution < 1.29 is 13.2 Å². The summed E-state index contributed by atoms with van der Waals surface area (Å²) < 4.78 is 33.5. The van der Waals surface area contributed by atoms with Gasteiger partial charge in [-0.25, -0.2) is 8.42 Å². The number of nitrogens with one attached hydrogen (secondary N) is 1. The Bertz CT molecular complexity index is 1040. The van der Waals surface area contributed by atoms with Crippen LogP contribution in [0.4, 0.5) is 5.69 Å². The highest BCUT2D eigenvalue weighted by Crippen LogP contribution is 2.43. The number of methoxy groups -OCH3 is 1. The number of anilines is 1. The van der Waals surface area contributed by atoms with E-state index < -0.39 is 10.0 Å². The Morgan fingerprint density at radius 2 is 2.00 bits per heavy atom. The Morgan fingerprint density at radius 3 is 2.80 bits per heavy atom. The molecule has 0 aliphatic carbocycles. The number of rotatable bonds is 3. The Labute approximate surface area is 145 Å². The molecule has 3 aromatic rings. The molecule has 130 valence electrons. The van der Waals surface area contributed by atoms with Crippen molar-refractivity contribution in [3.63, 3.8) is 0 Å². The summed E-state index contributed by atoms with van der Waals surface area (Å²) in [5.74, 6) is 0.838. The van der Waals surface area contributed by atoms with Crippen molar-refractivity contribution in [2.75, 3.05) is 18.0 Å². The first kappa shape index (κ1) is 15.9. The van der Waals surface area contributed by atoms with Crippen LogP contribution in [0.2, 0.25) is 0 Å². The minimum Gasteiger partial charge on any atom is -0.495 e. The molecule has 8 heteroatoms. The maximum Gasteiger partial charge on any atom is 0.264 e. The van der Waals surface area contributed by atoms with Gasteiger partial charge in [0.15, 0.2) is 0 Å². The van der Waals surface area contributed by atoms with Crippen LogP contribution < -0.4 is 9.04 Å². The van der Waals surface area contributed by atoms with Crippen LogP contribution in [0.5, 0.6) is 5.75 Å². The normalized spacial score (nSPS) is 17.5. The lowest BCUT2D eigenvalue weighted by atomic mass is 9.92. The zero-order chi connectivity index (χ0) is 17.6. The lowest BCUT2D eigenvalue weighted by molar-refractivity contribution is 0.413. The Morgan fingerprint density at radius 1 is 1.20 bits per heavy atom. The van der Waals surface area contributed by atoms with Gasteiger partial charge in [0.05, 0.1) is 17.7 Å². The van der Waals surface area contributed by atoms with Crippen LogP contribution in [-0.2, 0) is 10.0 Å². The van der Waals surface area contributed by atoms with E-state index in [1.807, 2.05) is 12.1 Å². The smallest absolute Gasteiger partial charge is 0.264 e. The first-order chi connectivity index (χ1) is 12.0. The number of aromatic nitrogens is 3. The highest BCUT2D eigenvalue weighted by molar-refractivity contribution is 7.92. The van der Waals surface area contributed by atoms with Crippen molar-refractivity contribution in [3.05, 3.63) is 42.0 Å². The van der Waals surface area contributed by atoms with Gasteiger partial charge in [-0.1, -0.05) is 19.1 Å². The molecule has 0 amide bonds. The van der Waals surface area contributed by atoms with Crippen molar-refractivity contribution in [1.29, 1.82) is 0 Å². The van der Waals surface area contributed by atoms with E-state index in [0.29, 0.717) is 29.0 Å². The summed E-state index contributed by atoms with van der Waals surface area (Å²) in [6.45, 7) is 2.51. The number of ether oxygens (including phenoxy) is 1. The first-order valence-electron chi connectivity index (χ1n) is 8.02. The minimum atomic E-state index is -3.73. The Balaban J connectivity index is 1.88. The van der Waals surface area contributed by atoms with Gasteiger partial charge in [0.1, 0.15) is 16.8 Å². The topological polar surface area (TPSA) is 88.2 Å². The number of sulfonamides is 1. The summed E-state index contributed by atoms with van der Waals surface area (Å²) in [5, 5.41) is 10.5. The van der Waals surface area contributed by atoms with Crippen molar-refractivity contribution in [2.45, 2.75) is 24.2 Å². The molecule has 4 rings (SSSR count). The summed E-state index contributed by atoms with van der Waals surface area (Å²) >= 11 is 0. The fraction of sp³-hybridized carbons (Fsp3) is 0.294. The average Bonchev–Trinajstić information content (AvgIpc) is 3.09. The molecule has 0 fully saturated rings. The molecule has 25 heavy (non-hydrogen) atoms. The van der Waals surface area contributed by atoms with E-state index in [4.69, 9.17) is 4.74 Å². The number of fused-ring (bicyclic) bond motifs is 2. The highest BCUT2D eigenvalue weighted by Gasteiger charge is 2.34. The van der Waals surface area contributed by atoms with Crippen molar-refractivity contribution in [1.82, 2.24) is 15.4 Å². The molecular weight excluding hydrogens is 340 g/mol. The van der Waals surface area contributed by atoms with Gasteiger partial charge in [-0.3, -0.25) is 4.31 Å². The molecule has 1 unspecified atom stereocenters. The van der Waals surface area contributed by atoms with Crippen LogP contribution >= 0.6 is 0 Å². The van der Waals surface area contributed by atoms with Gasteiger partial charge in [-0.05, 0) is 42.2 Å². The monoisotopic (exact) mass is 358 g/mol. The van der Waals surface area contributed by atoms with Crippen molar-refractivity contribution in [3.8, 4) is 5.75 Å². The van der Waals surface area contributed by atoms with E-state index in [9.17, 15) is 8.42 Å². The second-order valence-electron chi connectivity index (χ2n) is 6.14. The van der Waals surface area contributed by atoms with Gasteiger partial charge in [0.2, 0.25) is 0 Å². The predicted octanol–water partition coefficient (Wildman–Crippen LogP) is 2.67. The largest absolute Gasteiger partial charge is 0.495 e. The number of para-hydroxylation sites is 1. The number of hydrogen-bond donors (Lipinski definition) is 1. The minimum absolute atomic E-state index is 0.195. The Hall–Kier alpha value is -2.61. The second-order valence-corrected chi connectivity index (χ2v) is 8.00. The molecule has 1 N–H and O–H groups in total. The van der Waals surface area contributed by atoms with Crippen LogP contribution in [0.3, 0.4) is 0 Å². The summed E-state index contributed by atoms with van der Waals surface area (Å²) in [7, 11) is -2.17. The van der Waals surface area contributed by atoms with Gasteiger partial charge in [-0.15, -0.1) is 0 Å². The zero-order valence-electron chi connectivity index (χ0n) is 13.9. The molecule has 1 aromatic heterocycles. The molecule has 0 saturated heterocycles. The molecule has 0 spiro atoms. The maximum absolute atomic E-state index is 13.3. The Kier molecular flexibility index (Phi) is 3.64. The third-order valence-corrected chi connectivity index (χ3v) is 6.47. The SMILES string of the molecule is COc1cccc2c1N(S(=O)(=O)c1ccc3n[nH]nc3c1)CCC2C. The number of aromatic amines is 1. The summed E-state index contributed by atoms with van der Waals surface area (Å²) in [5.41, 5.74) is 2.76. The number of nitrogens with zero attached hydrogens (tertiary/aromatic N) is 3. The molecule has 1 aliphatic rings.